The molecule has 0 amide bonds. The summed E-state index contributed by atoms with van der Waals surface area (Å²) < 4.78 is 5.02. The molecule has 0 aliphatic rings. The van der Waals surface area contributed by atoms with Crippen LogP contribution in [0.15, 0.2) is 18.3 Å². The first kappa shape index (κ1) is 9.86. The third kappa shape index (κ3) is 2.63. The average molecular weight is 179 g/mol. The topological polar surface area (TPSA) is 39.2 Å². The third-order valence-corrected chi connectivity index (χ3v) is 1.71. The van der Waals surface area contributed by atoms with Crippen molar-refractivity contribution >= 4 is 5.78 Å². The number of ketones is 1. The molecular formula is C10H13NO2. The van der Waals surface area contributed by atoms with Gasteiger partial charge in [0.25, 0.3) is 0 Å². The van der Waals surface area contributed by atoms with Gasteiger partial charge < -0.3 is 4.74 Å². The van der Waals surface area contributed by atoms with Crippen molar-refractivity contribution in [1.82, 2.24) is 4.98 Å². The van der Waals surface area contributed by atoms with E-state index in [0.717, 1.165) is 5.56 Å². The normalized spacial score (nSPS) is 10.0. The first-order chi connectivity index (χ1) is 6.25. The number of ether oxygens (including phenoxy) is 1. The Hall–Kier alpha value is -1.22. The number of pyridine rings is 1. The van der Waals surface area contributed by atoms with Crippen LogP contribution in [0.25, 0.3) is 0 Å². The van der Waals surface area contributed by atoms with Crippen LogP contribution in [0.3, 0.4) is 0 Å². The largest absolute Gasteiger partial charge is 0.374 e. The van der Waals surface area contributed by atoms with Gasteiger partial charge in [0.15, 0.2) is 0 Å². The van der Waals surface area contributed by atoms with Crippen molar-refractivity contribution in [2.24, 2.45) is 0 Å². The van der Waals surface area contributed by atoms with Crippen LogP contribution in [-0.2, 0) is 4.74 Å². The molecule has 0 radical (unpaired) electrons. The van der Waals surface area contributed by atoms with Gasteiger partial charge in [-0.05, 0) is 25.5 Å². The molecule has 0 saturated carbocycles. The highest BCUT2D eigenvalue weighted by Gasteiger charge is 2.08. The highest BCUT2D eigenvalue weighted by Crippen LogP contribution is 2.03. The molecule has 1 aromatic rings. The number of rotatable bonds is 4. The lowest BCUT2D eigenvalue weighted by atomic mass is 10.1. The molecule has 0 aliphatic heterocycles. The van der Waals surface area contributed by atoms with E-state index in [1.807, 2.05) is 26.0 Å². The van der Waals surface area contributed by atoms with Crippen molar-refractivity contribution in [2.75, 3.05) is 13.2 Å². The lowest BCUT2D eigenvalue weighted by Crippen LogP contribution is -2.12. The summed E-state index contributed by atoms with van der Waals surface area (Å²) in [6, 6.07) is 3.68. The molecule has 3 heteroatoms. The van der Waals surface area contributed by atoms with E-state index in [2.05, 4.69) is 4.98 Å². The van der Waals surface area contributed by atoms with Crippen LogP contribution < -0.4 is 0 Å². The van der Waals surface area contributed by atoms with E-state index in [1.165, 1.54) is 0 Å². The Morgan fingerprint density at radius 2 is 2.38 bits per heavy atom. The second-order valence-corrected chi connectivity index (χ2v) is 2.73. The Bertz CT molecular complexity index is 297. The van der Waals surface area contributed by atoms with Crippen LogP contribution in [0.1, 0.15) is 23.0 Å². The van der Waals surface area contributed by atoms with E-state index in [1.54, 1.807) is 6.20 Å². The number of nitrogens with zero attached hydrogens (tertiary/aromatic N) is 1. The van der Waals surface area contributed by atoms with Crippen molar-refractivity contribution in [3.63, 3.8) is 0 Å². The number of hydrogen-bond acceptors (Lipinski definition) is 3. The van der Waals surface area contributed by atoms with Crippen molar-refractivity contribution in [1.29, 1.82) is 0 Å². The molecule has 3 nitrogen and oxygen atoms in total. The van der Waals surface area contributed by atoms with Gasteiger partial charge in [0.05, 0.1) is 0 Å². The quantitative estimate of drug-likeness (QED) is 0.659. The molecule has 70 valence electrons. The SMILES string of the molecule is CCOCC(=O)c1ncccc1C. The first-order valence-corrected chi connectivity index (χ1v) is 4.28. The van der Waals surface area contributed by atoms with Gasteiger partial charge in [-0.15, -0.1) is 0 Å². The second-order valence-electron chi connectivity index (χ2n) is 2.73. The summed E-state index contributed by atoms with van der Waals surface area (Å²) in [7, 11) is 0. The van der Waals surface area contributed by atoms with Gasteiger partial charge in [-0.25, -0.2) is 0 Å². The number of aryl methyl sites for hydroxylation is 1. The summed E-state index contributed by atoms with van der Waals surface area (Å²) in [4.78, 5) is 15.4. The monoisotopic (exact) mass is 179 g/mol. The summed E-state index contributed by atoms with van der Waals surface area (Å²) >= 11 is 0. The maximum atomic E-state index is 11.4. The molecular weight excluding hydrogens is 166 g/mol. The number of hydrogen-bond donors (Lipinski definition) is 0. The summed E-state index contributed by atoms with van der Waals surface area (Å²) in [5.41, 5.74) is 1.41. The van der Waals surface area contributed by atoms with E-state index in [9.17, 15) is 4.79 Å². The zero-order valence-corrected chi connectivity index (χ0v) is 7.91. The molecule has 0 unspecified atom stereocenters. The van der Waals surface area contributed by atoms with Crippen molar-refractivity contribution in [3.8, 4) is 0 Å². The molecule has 0 N–H and O–H groups in total. The van der Waals surface area contributed by atoms with Crippen molar-refractivity contribution < 1.29 is 9.53 Å². The second kappa shape index (κ2) is 4.72. The molecule has 0 aromatic carbocycles. The Kier molecular flexibility index (Phi) is 3.58. The zero-order chi connectivity index (χ0) is 9.68. The number of Topliss-reactive ketones (excluding diaryl/α,β-unsaturated/α-hetero) is 1. The predicted octanol–water partition coefficient (Wildman–Crippen LogP) is 1.61. The van der Waals surface area contributed by atoms with E-state index >= 15 is 0 Å². The number of aromatic nitrogens is 1. The molecule has 13 heavy (non-hydrogen) atoms. The molecule has 1 rings (SSSR count). The molecule has 1 heterocycles. The fourth-order valence-electron chi connectivity index (χ4n) is 1.04. The van der Waals surface area contributed by atoms with Gasteiger partial charge in [0.2, 0.25) is 5.78 Å². The maximum Gasteiger partial charge on any atom is 0.206 e. The Balaban J connectivity index is 2.71. The molecule has 0 spiro atoms. The third-order valence-electron chi connectivity index (χ3n) is 1.71. The number of carbonyl (C=O) groups is 1. The molecule has 0 bridgehead atoms. The van der Waals surface area contributed by atoms with Gasteiger partial charge in [0, 0.05) is 12.8 Å². The van der Waals surface area contributed by atoms with Gasteiger partial charge >= 0.3 is 0 Å². The van der Waals surface area contributed by atoms with Crippen LogP contribution in [0, 0.1) is 6.92 Å². The van der Waals surface area contributed by atoms with E-state index in [4.69, 9.17) is 4.74 Å². The fraction of sp³-hybridized carbons (Fsp3) is 0.400. The lowest BCUT2D eigenvalue weighted by molar-refractivity contribution is 0.0777. The zero-order valence-electron chi connectivity index (χ0n) is 7.91. The minimum absolute atomic E-state index is 0.0556. The van der Waals surface area contributed by atoms with E-state index < -0.39 is 0 Å². The van der Waals surface area contributed by atoms with E-state index in [0.29, 0.717) is 12.3 Å². The van der Waals surface area contributed by atoms with Crippen molar-refractivity contribution in [2.45, 2.75) is 13.8 Å². The molecule has 0 saturated heterocycles. The summed E-state index contributed by atoms with van der Waals surface area (Å²) in [6.07, 6.45) is 1.62. The van der Waals surface area contributed by atoms with Crippen LogP contribution in [0.2, 0.25) is 0 Å². The predicted molar refractivity (Wildman–Crippen MR) is 49.8 cm³/mol. The van der Waals surface area contributed by atoms with Crippen LogP contribution in [-0.4, -0.2) is 24.0 Å². The first-order valence-electron chi connectivity index (χ1n) is 4.28. The Morgan fingerprint density at radius 3 is 3.00 bits per heavy atom. The summed E-state index contributed by atoms with van der Waals surface area (Å²) in [5.74, 6) is -0.0556. The van der Waals surface area contributed by atoms with Gasteiger partial charge in [-0.1, -0.05) is 6.07 Å². The van der Waals surface area contributed by atoms with Gasteiger partial charge in [-0.2, -0.15) is 0 Å². The molecule has 0 fully saturated rings. The summed E-state index contributed by atoms with van der Waals surface area (Å²) in [6.45, 7) is 4.40. The molecule has 1 aromatic heterocycles. The maximum absolute atomic E-state index is 11.4. The van der Waals surface area contributed by atoms with E-state index in [-0.39, 0.29) is 12.4 Å². The molecule has 0 atom stereocenters. The Morgan fingerprint density at radius 1 is 1.62 bits per heavy atom. The lowest BCUT2D eigenvalue weighted by Gasteiger charge is -2.02. The van der Waals surface area contributed by atoms with Crippen LogP contribution in [0.4, 0.5) is 0 Å². The minimum Gasteiger partial charge on any atom is -0.374 e. The summed E-state index contributed by atoms with van der Waals surface area (Å²) in [5, 5.41) is 0. The standard InChI is InChI=1S/C10H13NO2/c1-3-13-7-9(12)10-8(2)5-4-6-11-10/h4-6H,3,7H2,1-2H3. The highest BCUT2D eigenvalue weighted by molar-refractivity contribution is 5.96. The average Bonchev–Trinajstić information content (AvgIpc) is 2.15. The highest BCUT2D eigenvalue weighted by atomic mass is 16.5. The van der Waals surface area contributed by atoms with Gasteiger partial charge in [-0.3, -0.25) is 9.78 Å². The smallest absolute Gasteiger partial charge is 0.206 e. The van der Waals surface area contributed by atoms with Crippen LogP contribution in [0.5, 0.6) is 0 Å². The fourth-order valence-corrected chi connectivity index (χ4v) is 1.04. The molecule has 0 aliphatic carbocycles. The number of carbonyl (C=O) groups excluding carboxylic acids is 1. The Labute approximate surface area is 77.8 Å². The van der Waals surface area contributed by atoms with Crippen LogP contribution >= 0.6 is 0 Å². The van der Waals surface area contributed by atoms with Gasteiger partial charge in [0.1, 0.15) is 12.3 Å². The minimum atomic E-state index is -0.0556. The van der Waals surface area contributed by atoms with Crippen molar-refractivity contribution in [3.05, 3.63) is 29.6 Å².